The summed E-state index contributed by atoms with van der Waals surface area (Å²) in [6.45, 7) is 9.29. The lowest BCUT2D eigenvalue weighted by Gasteiger charge is -2.27. The van der Waals surface area contributed by atoms with Crippen LogP contribution in [0, 0.1) is 27.7 Å². The van der Waals surface area contributed by atoms with Gasteiger partial charge < -0.3 is 9.64 Å². The van der Waals surface area contributed by atoms with Crippen molar-refractivity contribution in [2.75, 3.05) is 50.1 Å². The van der Waals surface area contributed by atoms with Gasteiger partial charge in [-0.3, -0.25) is 29.9 Å². The van der Waals surface area contributed by atoms with E-state index in [0.29, 0.717) is 76.3 Å². The number of nitrogens with one attached hydrogen (secondary N) is 4. The lowest BCUT2D eigenvalue weighted by Crippen LogP contribution is -2.36. The van der Waals surface area contributed by atoms with Crippen LogP contribution in [0.1, 0.15) is 23.3 Å². The van der Waals surface area contributed by atoms with Gasteiger partial charge >= 0.3 is 0 Å². The molecular formula is C68H58ClN25O9S5. The molecule has 0 amide bonds. The van der Waals surface area contributed by atoms with Gasteiger partial charge in [-0.15, -0.1) is 11.3 Å². The molecular weight excluding hydrogens is 1510 g/mol. The standard InChI is InChI=1S/C20H16N6O2S.C18H19N7O3S.C18H14N6O2S.C12H9ClN6O2S2/c1-14-23-19(18-9-5-6-12-21-18)25-20(24-14)26-29(27,28)16-10-11-17(22-13-16)15-7-3-2-4-8-15;1-13-21-17(15-4-2-3-7-19-15)23-18(22-13)24-29(26,27)14-5-6-16(20-12-14)25-8-10-28-11-9-25;1-12-21-17(16-8-4-5-9-19-16)23-18(22-12)24-27(25,26)14-10-13-6-2-3-7-15(13)20-11-14;1-7-15-10(8-4-2-3-5-14-8)18-11(16-7)19-23(20,21)12-17-9(13)6-22-12/h2-13H,1H3,(H,23,24,25,26);2-7,12H,8-11H2,1H3,(H,21,22,23,24);2-11H,1H3,(H,21,22,23,24);2-6H,1H3,(H,15,16,18,19). The van der Waals surface area contributed by atoms with Crippen molar-refractivity contribution in [3.8, 4) is 57.3 Å². The van der Waals surface area contributed by atoms with Crippen LogP contribution in [0.2, 0.25) is 5.15 Å². The topological polar surface area (TPSA) is 455 Å². The lowest BCUT2D eigenvalue weighted by molar-refractivity contribution is 0.122. The average molecular weight is 1570 g/mol. The minimum atomic E-state index is -3.91. The van der Waals surface area contributed by atoms with E-state index in [1.54, 1.807) is 150 Å². The number of morpholine rings is 1. The molecule has 0 radical (unpaired) electrons. The predicted molar refractivity (Wildman–Crippen MR) is 400 cm³/mol. The number of ether oxygens (including phenoxy) is 1. The van der Waals surface area contributed by atoms with E-state index in [9.17, 15) is 33.7 Å². The van der Waals surface area contributed by atoms with Crippen LogP contribution in [0.4, 0.5) is 29.6 Å². The Morgan fingerprint density at radius 3 is 1.18 bits per heavy atom. The molecule has 14 aromatic rings. The zero-order chi connectivity index (χ0) is 75.8. The first-order chi connectivity index (χ1) is 52.0. The van der Waals surface area contributed by atoms with E-state index in [1.165, 1.54) is 36.1 Å². The molecule has 546 valence electrons. The van der Waals surface area contributed by atoms with Crippen LogP contribution in [0.5, 0.6) is 0 Å². The number of pyridine rings is 7. The van der Waals surface area contributed by atoms with E-state index in [4.69, 9.17) is 16.3 Å². The monoisotopic (exact) mass is 1560 g/mol. The van der Waals surface area contributed by atoms with Crippen molar-refractivity contribution >= 4 is 104 Å². The largest absolute Gasteiger partial charge is 0.378 e. The summed E-state index contributed by atoms with van der Waals surface area (Å²) in [5.41, 5.74) is 4.37. The Kier molecular flexibility index (Phi) is 23.5. The van der Waals surface area contributed by atoms with Gasteiger partial charge in [-0.05, 0) is 113 Å². The fraction of sp³-hybridized carbons (Fsp3) is 0.118. The molecule has 4 N–H and O–H groups in total. The van der Waals surface area contributed by atoms with E-state index >= 15 is 0 Å². The molecule has 0 unspecified atom stereocenters. The molecule has 0 bridgehead atoms. The zero-order valence-electron chi connectivity index (χ0n) is 56.9. The van der Waals surface area contributed by atoms with E-state index < -0.39 is 40.1 Å². The summed E-state index contributed by atoms with van der Waals surface area (Å²) in [5.74, 6) is 2.99. The number of benzene rings is 2. The van der Waals surface area contributed by atoms with Crippen LogP contribution in [0.25, 0.3) is 68.2 Å². The number of nitrogens with zero attached hydrogens (tertiary/aromatic N) is 21. The maximum absolute atomic E-state index is 12.7. The van der Waals surface area contributed by atoms with E-state index in [-0.39, 0.29) is 71.3 Å². The number of halogens is 1. The molecule has 13 heterocycles. The Bertz CT molecular complexity index is 5950. The minimum Gasteiger partial charge on any atom is -0.378 e. The second-order valence-corrected chi connectivity index (χ2v) is 30.5. The number of anilines is 5. The molecule has 12 aromatic heterocycles. The fourth-order valence-corrected chi connectivity index (χ4v) is 14.5. The van der Waals surface area contributed by atoms with Crippen molar-refractivity contribution in [3.63, 3.8) is 0 Å². The molecule has 1 saturated heterocycles. The quantitative estimate of drug-likeness (QED) is 0.0621. The highest BCUT2D eigenvalue weighted by Gasteiger charge is 2.25. The highest BCUT2D eigenvalue weighted by molar-refractivity contribution is 7.94. The molecule has 1 aliphatic heterocycles. The van der Waals surface area contributed by atoms with Crippen LogP contribution in [0.3, 0.4) is 0 Å². The first-order valence-electron chi connectivity index (χ1n) is 31.9. The molecule has 34 nitrogen and oxygen atoms in total. The number of rotatable bonds is 18. The fourth-order valence-electron chi connectivity index (χ4n) is 9.64. The summed E-state index contributed by atoms with van der Waals surface area (Å²) in [6.07, 6.45) is 10.4. The number of thiazole rings is 1. The third kappa shape index (κ3) is 19.9. The van der Waals surface area contributed by atoms with Gasteiger partial charge in [0.25, 0.3) is 40.1 Å². The molecule has 0 aliphatic carbocycles. The van der Waals surface area contributed by atoms with Crippen LogP contribution in [0.15, 0.2) is 226 Å². The summed E-state index contributed by atoms with van der Waals surface area (Å²) >= 11 is 6.56. The Balaban J connectivity index is 0.000000135. The lowest BCUT2D eigenvalue weighted by atomic mass is 10.1. The molecule has 1 aliphatic rings. The number of hydrogen-bond acceptors (Lipinski definition) is 31. The van der Waals surface area contributed by atoms with Gasteiger partial charge in [-0.2, -0.15) is 48.3 Å². The number of para-hydroxylation sites is 1. The van der Waals surface area contributed by atoms with E-state index in [2.05, 4.69) is 119 Å². The summed E-state index contributed by atoms with van der Waals surface area (Å²) < 4.78 is 116. The number of aromatic nitrogens is 20. The molecule has 0 spiro atoms. The van der Waals surface area contributed by atoms with E-state index in [1.807, 2.05) is 53.4 Å². The molecule has 2 aromatic carbocycles. The maximum Gasteiger partial charge on any atom is 0.291 e. The van der Waals surface area contributed by atoms with Crippen LogP contribution in [-0.2, 0) is 44.8 Å². The third-order valence-corrected chi connectivity index (χ3v) is 21.3. The minimum absolute atomic E-state index is 0.00892. The van der Waals surface area contributed by atoms with Crippen molar-refractivity contribution in [2.24, 2.45) is 0 Å². The Hall–Kier alpha value is -12.5. The summed E-state index contributed by atoms with van der Waals surface area (Å²) in [6, 6.07) is 45.8. The Morgan fingerprint density at radius 1 is 0.380 bits per heavy atom. The number of aryl methyl sites for hydroxylation is 4. The summed E-state index contributed by atoms with van der Waals surface area (Å²) in [7, 11) is -15.6. The Labute approximate surface area is 626 Å². The molecule has 40 heteroatoms. The van der Waals surface area contributed by atoms with Crippen LogP contribution >= 0.6 is 22.9 Å². The normalized spacial score (nSPS) is 12.2. The van der Waals surface area contributed by atoms with Gasteiger partial charge in [0.15, 0.2) is 23.3 Å². The summed E-state index contributed by atoms with van der Waals surface area (Å²) in [5, 5.41) is 2.26. The highest BCUT2D eigenvalue weighted by atomic mass is 35.5. The molecule has 1 fully saturated rings. The highest BCUT2D eigenvalue weighted by Crippen LogP contribution is 2.26. The van der Waals surface area contributed by atoms with Gasteiger partial charge in [0.1, 0.15) is 71.7 Å². The van der Waals surface area contributed by atoms with Gasteiger partial charge in [0.05, 0.1) is 24.4 Å². The second kappa shape index (κ2) is 33.7. The average Bonchev–Trinajstić information content (AvgIpc) is 1.62. The van der Waals surface area contributed by atoms with Gasteiger partial charge in [0, 0.05) is 72.8 Å². The SMILES string of the molecule is Cc1nc(NS(=O)(=O)c2ccc(-c3ccccc3)nc2)nc(-c2ccccn2)n1.Cc1nc(NS(=O)(=O)c2ccc(N3CCOCC3)nc2)nc(-c2ccccn2)n1.Cc1nc(NS(=O)(=O)c2cnc3ccccc3c2)nc(-c2ccccn2)n1.Cc1nc(NS(=O)(=O)c2nc(Cl)cs2)nc(-c2ccccn2)n1. The second-order valence-electron chi connectivity index (χ2n) is 22.4. The molecule has 0 atom stereocenters. The third-order valence-electron chi connectivity index (χ3n) is 14.5. The van der Waals surface area contributed by atoms with Crippen molar-refractivity contribution in [2.45, 2.75) is 46.7 Å². The van der Waals surface area contributed by atoms with Crippen LogP contribution in [-0.4, -0.2) is 160 Å². The van der Waals surface area contributed by atoms with Crippen molar-refractivity contribution < 1.29 is 38.4 Å². The van der Waals surface area contributed by atoms with E-state index in [0.717, 1.165) is 35.4 Å². The molecule has 15 rings (SSSR count). The van der Waals surface area contributed by atoms with Gasteiger partial charge in [-0.25, -0.2) is 74.0 Å². The van der Waals surface area contributed by atoms with Crippen molar-refractivity contribution in [1.82, 2.24) is 99.7 Å². The number of hydrogen-bond donors (Lipinski definition) is 4. The Morgan fingerprint density at radius 2 is 0.778 bits per heavy atom. The summed E-state index contributed by atoms with van der Waals surface area (Å²) in [4.78, 5) is 84.9. The van der Waals surface area contributed by atoms with Gasteiger partial charge in [-0.1, -0.05) is 84.4 Å². The number of sulfonamides is 4. The first-order valence-corrected chi connectivity index (χ1v) is 39.1. The van der Waals surface area contributed by atoms with Crippen LogP contribution < -0.4 is 23.8 Å². The van der Waals surface area contributed by atoms with Crippen molar-refractivity contribution in [3.05, 3.63) is 235 Å². The zero-order valence-corrected chi connectivity index (χ0v) is 61.8. The van der Waals surface area contributed by atoms with Crippen molar-refractivity contribution in [1.29, 1.82) is 0 Å². The smallest absolute Gasteiger partial charge is 0.291 e. The van der Waals surface area contributed by atoms with Gasteiger partial charge in [0.2, 0.25) is 28.1 Å². The maximum atomic E-state index is 12.7. The number of fused-ring (bicyclic) bond motifs is 1. The predicted octanol–water partition coefficient (Wildman–Crippen LogP) is 9.12. The first kappa shape index (κ1) is 75.2. The molecule has 0 saturated carbocycles. The molecule has 108 heavy (non-hydrogen) atoms.